The molecule has 3 saturated heterocycles. The van der Waals surface area contributed by atoms with E-state index in [-0.39, 0.29) is 0 Å². The van der Waals surface area contributed by atoms with Gasteiger partial charge in [0.05, 0.1) is 0 Å². The molecule has 0 saturated carbocycles. The Balaban J connectivity index is 2.12. The summed E-state index contributed by atoms with van der Waals surface area (Å²) in [7, 11) is 0. The van der Waals surface area contributed by atoms with Crippen LogP contribution in [0.25, 0.3) is 0 Å². The van der Waals surface area contributed by atoms with Gasteiger partial charge in [-0.1, -0.05) is 13.8 Å². The Hall–Kier alpha value is -0.610. The zero-order chi connectivity index (χ0) is 11.8. The molecule has 3 aliphatic heterocycles. The van der Waals surface area contributed by atoms with E-state index in [1.807, 2.05) is 0 Å². The molecule has 4 nitrogen and oxygen atoms in total. The van der Waals surface area contributed by atoms with E-state index < -0.39 is 11.5 Å². The van der Waals surface area contributed by atoms with Crippen molar-refractivity contribution in [1.29, 1.82) is 0 Å². The Kier molecular flexibility index (Phi) is 3.22. The maximum atomic E-state index is 11.6. The van der Waals surface area contributed by atoms with Gasteiger partial charge in [0.2, 0.25) is 0 Å². The molecule has 0 aliphatic carbocycles. The molecule has 92 valence electrons. The highest BCUT2D eigenvalue weighted by Crippen LogP contribution is 2.35. The molecule has 2 N–H and O–H groups in total. The van der Waals surface area contributed by atoms with E-state index in [9.17, 15) is 9.90 Å². The van der Waals surface area contributed by atoms with Crippen molar-refractivity contribution in [3.8, 4) is 0 Å². The molecular formula is C12H22N2O2. The fourth-order valence-electron chi connectivity index (χ4n) is 2.97. The Morgan fingerprint density at radius 3 is 2.50 bits per heavy atom. The Bertz CT molecular complexity index is 272. The van der Waals surface area contributed by atoms with Crippen molar-refractivity contribution in [2.45, 2.75) is 32.2 Å². The van der Waals surface area contributed by atoms with Crippen LogP contribution in [0.5, 0.6) is 0 Å². The van der Waals surface area contributed by atoms with E-state index >= 15 is 0 Å². The molecule has 1 atom stereocenters. The first kappa shape index (κ1) is 11.9. The Morgan fingerprint density at radius 2 is 2.12 bits per heavy atom. The molecule has 0 radical (unpaired) electrons. The first-order chi connectivity index (χ1) is 7.54. The number of hydrogen-bond acceptors (Lipinski definition) is 3. The molecule has 2 bridgehead atoms. The summed E-state index contributed by atoms with van der Waals surface area (Å²) < 4.78 is 0. The van der Waals surface area contributed by atoms with Crippen LogP contribution >= 0.6 is 0 Å². The van der Waals surface area contributed by atoms with E-state index in [2.05, 4.69) is 24.1 Å². The average molecular weight is 226 g/mol. The summed E-state index contributed by atoms with van der Waals surface area (Å²) in [5.41, 5.74) is -0.680. The molecular weight excluding hydrogens is 204 g/mol. The predicted molar refractivity (Wildman–Crippen MR) is 62.4 cm³/mol. The second kappa shape index (κ2) is 4.34. The van der Waals surface area contributed by atoms with Crippen molar-refractivity contribution in [2.75, 3.05) is 26.2 Å². The van der Waals surface area contributed by atoms with Gasteiger partial charge in [-0.25, -0.2) is 0 Å². The molecule has 3 rings (SSSR count). The number of carboxylic acid groups (broad SMARTS) is 1. The first-order valence-electron chi connectivity index (χ1n) is 6.25. The molecule has 0 aromatic rings. The zero-order valence-electron chi connectivity index (χ0n) is 10.2. The van der Waals surface area contributed by atoms with Gasteiger partial charge in [0.25, 0.3) is 0 Å². The Morgan fingerprint density at radius 1 is 1.50 bits per heavy atom. The van der Waals surface area contributed by atoms with Gasteiger partial charge in [-0.2, -0.15) is 0 Å². The van der Waals surface area contributed by atoms with Crippen molar-refractivity contribution < 1.29 is 9.90 Å². The highest BCUT2D eigenvalue weighted by atomic mass is 16.4. The van der Waals surface area contributed by atoms with Gasteiger partial charge in [0, 0.05) is 6.54 Å². The highest BCUT2D eigenvalue weighted by molar-refractivity contribution is 5.80. The highest BCUT2D eigenvalue weighted by Gasteiger charge is 2.51. The minimum Gasteiger partial charge on any atom is -0.480 e. The molecule has 4 heteroatoms. The number of carbonyl (C=O) groups is 1. The number of piperidine rings is 3. The lowest BCUT2D eigenvalue weighted by Gasteiger charge is -2.51. The molecule has 16 heavy (non-hydrogen) atoms. The number of hydrogen-bond donors (Lipinski definition) is 2. The SMILES string of the molecule is CC(C)CNC1(C(=O)O)CN2CCC1CC2. The molecule has 0 amide bonds. The van der Waals surface area contributed by atoms with Crippen molar-refractivity contribution in [3.63, 3.8) is 0 Å². The molecule has 0 spiro atoms. The van der Waals surface area contributed by atoms with E-state index in [1.54, 1.807) is 0 Å². The molecule has 3 heterocycles. The molecule has 0 aromatic carbocycles. The number of rotatable bonds is 4. The van der Waals surface area contributed by atoms with Crippen LogP contribution in [0.15, 0.2) is 0 Å². The van der Waals surface area contributed by atoms with Gasteiger partial charge >= 0.3 is 5.97 Å². The van der Waals surface area contributed by atoms with Crippen LogP contribution in [-0.2, 0) is 4.79 Å². The van der Waals surface area contributed by atoms with Crippen molar-refractivity contribution >= 4 is 5.97 Å². The monoisotopic (exact) mass is 226 g/mol. The summed E-state index contributed by atoms with van der Waals surface area (Å²) in [5, 5.41) is 12.9. The van der Waals surface area contributed by atoms with Gasteiger partial charge in [-0.3, -0.25) is 4.79 Å². The van der Waals surface area contributed by atoms with Crippen molar-refractivity contribution in [1.82, 2.24) is 10.2 Å². The molecule has 3 fully saturated rings. The molecule has 1 unspecified atom stereocenters. The normalized spacial score (nSPS) is 37.9. The number of carboxylic acids is 1. The lowest BCUT2D eigenvalue weighted by molar-refractivity contribution is -0.154. The van der Waals surface area contributed by atoms with Crippen molar-refractivity contribution in [2.24, 2.45) is 11.8 Å². The van der Waals surface area contributed by atoms with Gasteiger partial charge in [0.15, 0.2) is 0 Å². The third kappa shape index (κ3) is 1.96. The van der Waals surface area contributed by atoms with E-state index in [0.29, 0.717) is 18.4 Å². The van der Waals surface area contributed by atoms with Gasteiger partial charge in [-0.05, 0) is 44.3 Å². The zero-order valence-corrected chi connectivity index (χ0v) is 10.2. The van der Waals surface area contributed by atoms with E-state index in [4.69, 9.17) is 0 Å². The number of nitrogens with zero attached hydrogens (tertiary/aromatic N) is 1. The third-order valence-corrected chi connectivity index (χ3v) is 3.96. The molecule has 0 aromatic heterocycles. The summed E-state index contributed by atoms with van der Waals surface area (Å²) >= 11 is 0. The first-order valence-corrected chi connectivity index (χ1v) is 6.25. The minimum absolute atomic E-state index is 0.314. The van der Waals surface area contributed by atoms with Crippen LogP contribution in [0.2, 0.25) is 0 Å². The van der Waals surface area contributed by atoms with Crippen LogP contribution < -0.4 is 5.32 Å². The van der Waals surface area contributed by atoms with Crippen molar-refractivity contribution in [3.05, 3.63) is 0 Å². The van der Waals surface area contributed by atoms with Gasteiger partial charge in [0.1, 0.15) is 5.54 Å². The minimum atomic E-state index is -0.680. The maximum Gasteiger partial charge on any atom is 0.325 e. The summed E-state index contributed by atoms with van der Waals surface area (Å²) in [4.78, 5) is 13.9. The second-order valence-electron chi connectivity index (χ2n) is 5.60. The Labute approximate surface area is 97.0 Å². The predicted octanol–water partition coefficient (Wildman–Crippen LogP) is 0.781. The van der Waals surface area contributed by atoms with E-state index in [1.165, 1.54) is 0 Å². The van der Waals surface area contributed by atoms with Crippen LogP contribution in [0, 0.1) is 11.8 Å². The van der Waals surface area contributed by atoms with Crippen LogP contribution in [0.1, 0.15) is 26.7 Å². The fraction of sp³-hybridized carbons (Fsp3) is 0.917. The largest absolute Gasteiger partial charge is 0.480 e. The number of nitrogens with one attached hydrogen (secondary N) is 1. The number of fused-ring (bicyclic) bond motifs is 3. The maximum absolute atomic E-state index is 11.6. The lowest BCUT2D eigenvalue weighted by Crippen LogP contribution is -2.70. The quantitative estimate of drug-likeness (QED) is 0.744. The third-order valence-electron chi connectivity index (χ3n) is 3.96. The smallest absolute Gasteiger partial charge is 0.325 e. The lowest BCUT2D eigenvalue weighted by atomic mass is 9.72. The summed E-state index contributed by atoms with van der Waals surface area (Å²) in [5.74, 6) is 0.142. The number of aliphatic carboxylic acids is 1. The van der Waals surface area contributed by atoms with Crippen LogP contribution in [0.4, 0.5) is 0 Å². The van der Waals surface area contributed by atoms with Gasteiger partial charge in [-0.15, -0.1) is 0 Å². The van der Waals surface area contributed by atoms with Crippen LogP contribution in [-0.4, -0.2) is 47.7 Å². The topological polar surface area (TPSA) is 52.6 Å². The standard InChI is InChI=1S/C12H22N2O2/c1-9(2)7-13-12(11(15)16)8-14-5-3-10(12)4-6-14/h9-10,13H,3-8H2,1-2H3,(H,15,16). The summed E-state index contributed by atoms with van der Waals surface area (Å²) in [6, 6.07) is 0. The summed E-state index contributed by atoms with van der Waals surface area (Å²) in [6.45, 7) is 7.84. The fourth-order valence-corrected chi connectivity index (χ4v) is 2.97. The average Bonchev–Trinajstić information content (AvgIpc) is 2.27. The second-order valence-corrected chi connectivity index (χ2v) is 5.60. The van der Waals surface area contributed by atoms with Crippen LogP contribution in [0.3, 0.4) is 0 Å². The van der Waals surface area contributed by atoms with Gasteiger partial charge < -0.3 is 15.3 Å². The summed E-state index contributed by atoms with van der Waals surface area (Å²) in [6.07, 6.45) is 2.05. The molecule has 3 aliphatic rings. The van der Waals surface area contributed by atoms with E-state index in [0.717, 1.165) is 32.5 Å².